The van der Waals surface area contributed by atoms with Crippen molar-refractivity contribution >= 4 is 14.2 Å². The van der Waals surface area contributed by atoms with Crippen LogP contribution in [0.2, 0.25) is 0 Å². The van der Waals surface area contributed by atoms with Crippen molar-refractivity contribution in [3.8, 4) is 0 Å². The second kappa shape index (κ2) is 2.25. The Kier molecular flexibility index (Phi) is 2.26. The first kappa shape index (κ1) is 6.03. The molecule has 0 N–H and O–H groups in total. The quantitative estimate of drug-likeness (QED) is 0.449. The lowest BCUT2D eigenvalue weighted by molar-refractivity contribution is 0.228. The van der Waals surface area contributed by atoms with E-state index in [2.05, 4.69) is 8.86 Å². The molecule has 0 aromatic carbocycles. The number of rotatable bonds is 1. The summed E-state index contributed by atoms with van der Waals surface area (Å²) in [5.41, 5.74) is 0. The molecule has 0 fully saturated rings. The predicted octanol–water partition coefficient (Wildman–Crippen LogP) is 1.59. The van der Waals surface area contributed by atoms with Gasteiger partial charge in [0, 0.05) is 5.29 Å². The predicted molar refractivity (Wildman–Crippen MR) is 25.0 cm³/mol. The van der Waals surface area contributed by atoms with E-state index >= 15 is 0 Å². The fourth-order valence-electron chi connectivity index (χ4n) is 0. The molecular weight excluding hydrogens is 105 g/mol. The molecule has 0 aromatic heterocycles. The first-order chi connectivity index (χ1) is 2.64. The normalized spacial score (nSPS) is 9.33. The van der Waals surface area contributed by atoms with Crippen LogP contribution in [-0.2, 0) is 0 Å². The molecule has 0 rings (SSSR count). The average molecular weight is 110 g/mol. The van der Waals surface area contributed by atoms with E-state index in [0.29, 0.717) is 0 Å². The standard InChI is InChI=1S/C3H5F2P/c1-2(6)3(4)5/h3,6H,1H3. The third-order valence-corrected chi connectivity index (χ3v) is 0.546. The first-order valence-electron chi connectivity index (χ1n) is 1.48. The number of alkyl halides is 2. The molecule has 0 spiro atoms. The monoisotopic (exact) mass is 110 g/mol. The zero-order chi connectivity index (χ0) is 5.15. The Morgan fingerprint density at radius 3 is 1.83 bits per heavy atom. The third-order valence-electron chi connectivity index (χ3n) is 0.327. The Bertz CT molecular complexity index is 59.8. The van der Waals surface area contributed by atoms with Gasteiger partial charge < -0.3 is 0 Å². The smallest absolute Gasteiger partial charge is 0.205 e. The van der Waals surface area contributed by atoms with Crippen molar-refractivity contribution in [2.24, 2.45) is 0 Å². The molecular formula is C3H5F2P. The van der Waals surface area contributed by atoms with E-state index in [1.807, 2.05) is 0 Å². The van der Waals surface area contributed by atoms with Crippen LogP contribution in [0.4, 0.5) is 8.78 Å². The van der Waals surface area contributed by atoms with Crippen LogP contribution in [0, 0.1) is 0 Å². The SMILES string of the molecule is CC(=P)C(F)F. The minimum absolute atomic E-state index is 0.0185. The van der Waals surface area contributed by atoms with Gasteiger partial charge in [0.05, 0.1) is 0 Å². The lowest BCUT2D eigenvalue weighted by Gasteiger charge is -1.88. The molecule has 0 heterocycles. The summed E-state index contributed by atoms with van der Waals surface area (Å²) in [6.45, 7) is 1.32. The van der Waals surface area contributed by atoms with Crippen molar-refractivity contribution in [3.05, 3.63) is 0 Å². The molecule has 0 aliphatic heterocycles. The minimum Gasteiger partial charge on any atom is -0.205 e. The van der Waals surface area contributed by atoms with Gasteiger partial charge in [-0.25, -0.2) is 8.78 Å². The highest BCUT2D eigenvalue weighted by Crippen LogP contribution is 1.94. The number of hydrogen-bond acceptors (Lipinski definition) is 0. The molecule has 3 heteroatoms. The van der Waals surface area contributed by atoms with Gasteiger partial charge in [0.25, 0.3) is 6.43 Å². The summed E-state index contributed by atoms with van der Waals surface area (Å²) in [7, 11) is 2.65. The maximum Gasteiger partial charge on any atom is 0.263 e. The maximum absolute atomic E-state index is 11.1. The van der Waals surface area contributed by atoms with Crippen molar-refractivity contribution < 1.29 is 8.78 Å². The summed E-state index contributed by atoms with van der Waals surface area (Å²) in [5.74, 6) is 0. The molecule has 36 valence electrons. The van der Waals surface area contributed by atoms with Gasteiger partial charge in [0.2, 0.25) is 0 Å². The Hall–Kier alpha value is 0.0300. The van der Waals surface area contributed by atoms with Crippen LogP contribution in [0.3, 0.4) is 0 Å². The molecule has 0 nitrogen and oxygen atoms in total. The van der Waals surface area contributed by atoms with Crippen LogP contribution in [0.15, 0.2) is 0 Å². The van der Waals surface area contributed by atoms with Crippen molar-refractivity contribution in [2.75, 3.05) is 0 Å². The highest BCUT2D eigenvalue weighted by Gasteiger charge is 1.99. The van der Waals surface area contributed by atoms with Crippen LogP contribution in [-0.4, -0.2) is 11.7 Å². The molecule has 0 saturated carbocycles. The van der Waals surface area contributed by atoms with Crippen LogP contribution in [0.25, 0.3) is 0 Å². The van der Waals surface area contributed by atoms with Gasteiger partial charge in [-0.05, 0) is 6.92 Å². The molecule has 0 unspecified atom stereocenters. The van der Waals surface area contributed by atoms with Gasteiger partial charge in [-0.2, -0.15) is 0 Å². The van der Waals surface area contributed by atoms with Crippen molar-refractivity contribution in [1.82, 2.24) is 0 Å². The number of hydrogen-bond donors (Lipinski definition) is 0. The van der Waals surface area contributed by atoms with Crippen LogP contribution < -0.4 is 0 Å². The summed E-state index contributed by atoms with van der Waals surface area (Å²) < 4.78 is 22.1. The molecule has 0 atom stereocenters. The van der Waals surface area contributed by atoms with Gasteiger partial charge in [-0.1, -0.05) is 0 Å². The number of halogens is 2. The van der Waals surface area contributed by atoms with Gasteiger partial charge in [0.15, 0.2) is 0 Å². The summed E-state index contributed by atoms with van der Waals surface area (Å²) in [4.78, 5) is 0. The van der Waals surface area contributed by atoms with Crippen molar-refractivity contribution in [2.45, 2.75) is 13.3 Å². The average Bonchev–Trinajstić information content (AvgIpc) is 1.36. The molecule has 0 radical (unpaired) electrons. The van der Waals surface area contributed by atoms with Gasteiger partial charge in [-0.3, -0.25) is 0 Å². The van der Waals surface area contributed by atoms with Gasteiger partial charge in [0.1, 0.15) is 0 Å². The second-order valence-electron chi connectivity index (χ2n) is 0.984. The summed E-state index contributed by atoms with van der Waals surface area (Å²) in [6.07, 6.45) is -2.32. The van der Waals surface area contributed by atoms with Crippen molar-refractivity contribution in [3.63, 3.8) is 0 Å². The second-order valence-corrected chi connectivity index (χ2v) is 1.77. The molecule has 6 heavy (non-hydrogen) atoms. The highest BCUT2D eigenvalue weighted by molar-refractivity contribution is 7.21. The molecule has 0 bridgehead atoms. The van der Waals surface area contributed by atoms with Crippen LogP contribution in [0.1, 0.15) is 6.92 Å². The largest absolute Gasteiger partial charge is 0.263 e. The van der Waals surface area contributed by atoms with E-state index < -0.39 is 6.43 Å². The summed E-state index contributed by atoms with van der Waals surface area (Å²) >= 11 is 0. The minimum atomic E-state index is -2.32. The van der Waals surface area contributed by atoms with E-state index in [1.165, 1.54) is 6.92 Å². The zero-order valence-corrected chi connectivity index (χ0v) is 4.33. The van der Waals surface area contributed by atoms with Gasteiger partial charge >= 0.3 is 0 Å². The Morgan fingerprint density at radius 1 is 1.67 bits per heavy atom. The summed E-state index contributed by atoms with van der Waals surface area (Å²) in [5, 5.41) is -0.0185. The fraction of sp³-hybridized carbons (Fsp3) is 0.667. The van der Waals surface area contributed by atoms with E-state index in [-0.39, 0.29) is 5.29 Å². The molecule has 0 aromatic rings. The van der Waals surface area contributed by atoms with E-state index in [9.17, 15) is 8.78 Å². The van der Waals surface area contributed by atoms with E-state index in [0.717, 1.165) is 0 Å². The van der Waals surface area contributed by atoms with Crippen LogP contribution in [0.5, 0.6) is 0 Å². The Labute approximate surface area is 37.4 Å². The Balaban J connectivity index is 3.26. The van der Waals surface area contributed by atoms with Crippen molar-refractivity contribution in [1.29, 1.82) is 0 Å². The molecule has 0 saturated heterocycles. The molecule has 0 amide bonds. The third kappa shape index (κ3) is 2.28. The zero-order valence-electron chi connectivity index (χ0n) is 3.33. The highest BCUT2D eigenvalue weighted by atomic mass is 31.0. The maximum atomic E-state index is 11.1. The first-order valence-corrected chi connectivity index (χ1v) is 1.98. The van der Waals surface area contributed by atoms with E-state index in [1.54, 1.807) is 0 Å². The van der Waals surface area contributed by atoms with Crippen LogP contribution >= 0.6 is 8.86 Å². The lowest BCUT2D eigenvalue weighted by Crippen LogP contribution is -1.98. The van der Waals surface area contributed by atoms with Gasteiger partial charge in [-0.15, -0.1) is 8.86 Å². The fourth-order valence-corrected chi connectivity index (χ4v) is 0. The lowest BCUT2D eigenvalue weighted by atomic mass is 10.5. The summed E-state index contributed by atoms with van der Waals surface area (Å²) in [6, 6.07) is 0. The molecule has 0 aliphatic rings. The molecule has 0 aliphatic carbocycles. The van der Waals surface area contributed by atoms with E-state index in [4.69, 9.17) is 0 Å². The Morgan fingerprint density at radius 2 is 1.83 bits per heavy atom. The topological polar surface area (TPSA) is 0 Å².